The molecule has 0 spiro atoms. The van der Waals surface area contributed by atoms with Crippen molar-refractivity contribution in [3.63, 3.8) is 0 Å². The summed E-state index contributed by atoms with van der Waals surface area (Å²) in [5.41, 5.74) is 0.869. The van der Waals surface area contributed by atoms with E-state index in [1.54, 1.807) is 14.0 Å². The fraction of sp³-hybridized carbons (Fsp3) is 0.333. The second-order valence-electron chi connectivity index (χ2n) is 3.75. The molecule has 2 aromatic rings. The standard InChI is InChI=1S/C12H14N4O2S/c1-3-18-11(17)10(9-7-5-4-6-8-9)19-12-13-14-15-16(12)2/h4-8,10H,3H2,1-2H3. The van der Waals surface area contributed by atoms with Crippen molar-refractivity contribution in [2.45, 2.75) is 17.3 Å². The van der Waals surface area contributed by atoms with Gasteiger partial charge in [-0.05, 0) is 22.9 Å². The highest BCUT2D eigenvalue weighted by molar-refractivity contribution is 8.00. The lowest BCUT2D eigenvalue weighted by molar-refractivity contribution is -0.142. The van der Waals surface area contributed by atoms with E-state index in [0.29, 0.717) is 11.8 Å². The molecule has 0 saturated carbocycles. The van der Waals surface area contributed by atoms with Crippen molar-refractivity contribution in [2.75, 3.05) is 6.61 Å². The lowest BCUT2D eigenvalue weighted by Gasteiger charge is -2.14. The highest BCUT2D eigenvalue weighted by Crippen LogP contribution is 2.34. The third-order valence-electron chi connectivity index (χ3n) is 2.41. The Hall–Kier alpha value is -1.89. The largest absolute Gasteiger partial charge is 0.465 e. The smallest absolute Gasteiger partial charge is 0.324 e. The average Bonchev–Trinajstić information content (AvgIpc) is 2.82. The average molecular weight is 278 g/mol. The van der Waals surface area contributed by atoms with E-state index in [9.17, 15) is 4.79 Å². The van der Waals surface area contributed by atoms with Gasteiger partial charge in [-0.3, -0.25) is 4.79 Å². The number of thioether (sulfide) groups is 1. The molecule has 0 fully saturated rings. The first kappa shape index (κ1) is 13.5. The molecule has 1 heterocycles. The third kappa shape index (κ3) is 3.31. The summed E-state index contributed by atoms with van der Waals surface area (Å²) < 4.78 is 6.64. The Morgan fingerprint density at radius 1 is 1.42 bits per heavy atom. The molecule has 0 saturated heterocycles. The number of carbonyl (C=O) groups excluding carboxylic acids is 1. The highest BCUT2D eigenvalue weighted by atomic mass is 32.2. The number of hydrogen-bond acceptors (Lipinski definition) is 6. The number of esters is 1. The topological polar surface area (TPSA) is 69.9 Å². The Balaban J connectivity index is 2.25. The van der Waals surface area contributed by atoms with E-state index in [1.807, 2.05) is 30.3 Å². The summed E-state index contributed by atoms with van der Waals surface area (Å²) >= 11 is 1.28. The predicted molar refractivity (Wildman–Crippen MR) is 70.5 cm³/mol. The molecule has 19 heavy (non-hydrogen) atoms. The molecule has 0 amide bonds. The van der Waals surface area contributed by atoms with Gasteiger partial charge in [0.2, 0.25) is 5.16 Å². The van der Waals surface area contributed by atoms with Crippen LogP contribution in [-0.2, 0) is 16.6 Å². The molecule has 0 aliphatic rings. The molecule has 0 aliphatic heterocycles. The van der Waals surface area contributed by atoms with Gasteiger partial charge in [0.25, 0.3) is 0 Å². The first-order chi connectivity index (χ1) is 9.22. The summed E-state index contributed by atoms with van der Waals surface area (Å²) in [6.07, 6.45) is 0. The van der Waals surface area contributed by atoms with Crippen molar-refractivity contribution in [3.8, 4) is 0 Å². The SMILES string of the molecule is CCOC(=O)C(Sc1nnnn1C)c1ccccc1. The van der Waals surface area contributed by atoms with Crippen LogP contribution in [0, 0.1) is 0 Å². The van der Waals surface area contributed by atoms with Crippen molar-refractivity contribution in [3.05, 3.63) is 35.9 Å². The van der Waals surface area contributed by atoms with E-state index < -0.39 is 5.25 Å². The maximum Gasteiger partial charge on any atom is 0.324 e. The zero-order valence-corrected chi connectivity index (χ0v) is 11.5. The van der Waals surface area contributed by atoms with Crippen LogP contribution in [0.1, 0.15) is 17.7 Å². The van der Waals surface area contributed by atoms with Crippen LogP contribution < -0.4 is 0 Å². The van der Waals surface area contributed by atoms with E-state index in [-0.39, 0.29) is 5.97 Å². The van der Waals surface area contributed by atoms with Gasteiger partial charge in [0.05, 0.1) is 6.61 Å². The number of carbonyl (C=O) groups is 1. The first-order valence-corrected chi connectivity index (χ1v) is 6.71. The number of ether oxygens (including phenoxy) is 1. The Bertz CT molecular complexity index is 544. The molecule has 100 valence electrons. The second kappa shape index (κ2) is 6.33. The number of hydrogen-bond donors (Lipinski definition) is 0. The van der Waals surface area contributed by atoms with E-state index >= 15 is 0 Å². The van der Waals surface area contributed by atoms with E-state index in [4.69, 9.17) is 4.74 Å². The number of aromatic nitrogens is 4. The van der Waals surface area contributed by atoms with Crippen LogP contribution >= 0.6 is 11.8 Å². The maximum atomic E-state index is 12.1. The van der Waals surface area contributed by atoms with E-state index in [0.717, 1.165) is 5.56 Å². The summed E-state index contributed by atoms with van der Waals surface area (Å²) in [4.78, 5) is 12.1. The molecule has 1 unspecified atom stereocenters. The number of tetrazole rings is 1. The van der Waals surface area contributed by atoms with Crippen molar-refractivity contribution in [1.29, 1.82) is 0 Å². The predicted octanol–water partition coefficient (Wildman–Crippen LogP) is 1.61. The van der Waals surface area contributed by atoms with E-state index in [2.05, 4.69) is 15.5 Å². The first-order valence-electron chi connectivity index (χ1n) is 5.83. The zero-order chi connectivity index (χ0) is 13.7. The van der Waals surface area contributed by atoms with Gasteiger partial charge in [-0.1, -0.05) is 42.1 Å². The van der Waals surface area contributed by atoms with Crippen molar-refractivity contribution in [1.82, 2.24) is 20.2 Å². The molecular weight excluding hydrogens is 264 g/mol. The Morgan fingerprint density at radius 3 is 2.74 bits per heavy atom. The fourth-order valence-corrected chi connectivity index (χ4v) is 2.47. The molecular formula is C12H14N4O2S. The number of rotatable bonds is 5. The summed E-state index contributed by atoms with van der Waals surface area (Å²) in [6, 6.07) is 9.45. The van der Waals surface area contributed by atoms with Crippen LogP contribution in [0.25, 0.3) is 0 Å². The van der Waals surface area contributed by atoms with Crippen LogP contribution in [0.15, 0.2) is 35.5 Å². The Kier molecular flexibility index (Phi) is 4.51. The lowest BCUT2D eigenvalue weighted by Crippen LogP contribution is -2.14. The molecule has 7 heteroatoms. The third-order valence-corrected chi connectivity index (χ3v) is 3.66. The molecule has 0 bridgehead atoms. The molecule has 1 aromatic heterocycles. The summed E-state index contributed by atoms with van der Waals surface area (Å²) in [5.74, 6) is -0.290. The number of nitrogens with zero attached hydrogens (tertiary/aromatic N) is 4. The van der Waals surface area contributed by atoms with Gasteiger partial charge in [0.15, 0.2) is 0 Å². The van der Waals surface area contributed by atoms with Crippen LogP contribution in [0.5, 0.6) is 0 Å². The zero-order valence-electron chi connectivity index (χ0n) is 10.7. The second-order valence-corrected chi connectivity index (χ2v) is 4.82. The quantitative estimate of drug-likeness (QED) is 0.611. The minimum Gasteiger partial charge on any atom is -0.465 e. The summed E-state index contributed by atoms with van der Waals surface area (Å²) in [7, 11) is 1.73. The maximum absolute atomic E-state index is 12.1. The Morgan fingerprint density at radius 2 is 2.16 bits per heavy atom. The fourth-order valence-electron chi connectivity index (χ4n) is 1.52. The van der Waals surface area contributed by atoms with Gasteiger partial charge in [-0.2, -0.15) is 0 Å². The van der Waals surface area contributed by atoms with Gasteiger partial charge in [-0.25, -0.2) is 4.68 Å². The monoisotopic (exact) mass is 278 g/mol. The number of aryl methyl sites for hydroxylation is 1. The molecule has 0 radical (unpaired) electrons. The van der Waals surface area contributed by atoms with Crippen molar-refractivity contribution in [2.24, 2.45) is 7.05 Å². The van der Waals surface area contributed by atoms with E-state index in [1.165, 1.54) is 16.4 Å². The summed E-state index contributed by atoms with van der Waals surface area (Å²) in [6.45, 7) is 2.13. The van der Waals surface area contributed by atoms with Gasteiger partial charge in [0, 0.05) is 7.05 Å². The van der Waals surface area contributed by atoms with Crippen LogP contribution in [0.2, 0.25) is 0 Å². The minimum absolute atomic E-state index is 0.290. The molecule has 0 N–H and O–H groups in total. The molecule has 2 rings (SSSR count). The van der Waals surface area contributed by atoms with Gasteiger partial charge < -0.3 is 4.74 Å². The van der Waals surface area contributed by atoms with Gasteiger partial charge in [-0.15, -0.1) is 5.10 Å². The number of benzene rings is 1. The normalized spacial score (nSPS) is 12.1. The van der Waals surface area contributed by atoms with Crippen LogP contribution in [0.3, 0.4) is 0 Å². The molecule has 1 atom stereocenters. The lowest BCUT2D eigenvalue weighted by atomic mass is 10.1. The minimum atomic E-state index is -0.467. The molecule has 0 aliphatic carbocycles. The van der Waals surface area contributed by atoms with Crippen molar-refractivity contribution >= 4 is 17.7 Å². The van der Waals surface area contributed by atoms with Crippen molar-refractivity contribution < 1.29 is 9.53 Å². The van der Waals surface area contributed by atoms with Gasteiger partial charge in [0.1, 0.15) is 5.25 Å². The Labute approximate surface area is 115 Å². The molecule has 1 aromatic carbocycles. The molecule has 6 nitrogen and oxygen atoms in total. The highest BCUT2D eigenvalue weighted by Gasteiger charge is 2.25. The van der Waals surface area contributed by atoms with Crippen LogP contribution in [-0.4, -0.2) is 32.8 Å². The van der Waals surface area contributed by atoms with Gasteiger partial charge >= 0.3 is 5.97 Å². The van der Waals surface area contributed by atoms with Crippen LogP contribution in [0.4, 0.5) is 0 Å². The summed E-state index contributed by atoms with van der Waals surface area (Å²) in [5, 5.41) is 11.3.